The van der Waals surface area contributed by atoms with Crippen molar-refractivity contribution in [1.82, 2.24) is 24.3 Å². The summed E-state index contributed by atoms with van der Waals surface area (Å²) in [5.74, 6) is -1.88. The number of aromatic nitrogens is 3. The molecule has 0 aliphatic carbocycles. The molecular weight excluding hydrogens is 637 g/mol. The number of halogens is 2. The van der Waals surface area contributed by atoms with Crippen LogP contribution in [0.25, 0.3) is 28.0 Å². The van der Waals surface area contributed by atoms with E-state index in [4.69, 9.17) is 16.6 Å². The first kappa shape index (κ1) is 33.1. The summed E-state index contributed by atoms with van der Waals surface area (Å²) in [5, 5.41) is 11.2. The second-order valence-electron chi connectivity index (χ2n) is 12.9. The van der Waals surface area contributed by atoms with Gasteiger partial charge in [-0.1, -0.05) is 38.1 Å². The predicted molar refractivity (Wildman–Crippen MR) is 185 cm³/mol. The number of likely N-dealkylation sites (N-methyl/N-ethyl adjacent to an activating group) is 1. The minimum absolute atomic E-state index is 0.0308. The summed E-state index contributed by atoms with van der Waals surface area (Å²) in [6, 6.07) is 6.14. The van der Waals surface area contributed by atoms with E-state index in [1.807, 2.05) is 50.7 Å². The molecule has 5 heterocycles. The largest absolute Gasteiger partial charge is 0.507 e. The summed E-state index contributed by atoms with van der Waals surface area (Å²) < 4.78 is 16.8. The zero-order valence-corrected chi connectivity index (χ0v) is 28.4. The fourth-order valence-electron chi connectivity index (χ4n) is 6.91. The second-order valence-corrected chi connectivity index (χ2v) is 13.3. The normalized spacial score (nSPS) is 17.7. The zero-order chi connectivity index (χ0) is 34.8. The molecule has 6 rings (SSSR count). The molecular formula is C35H37ClFN7O4. The van der Waals surface area contributed by atoms with E-state index in [0.717, 1.165) is 5.56 Å². The van der Waals surface area contributed by atoms with Crippen LogP contribution in [0.1, 0.15) is 37.9 Å². The van der Waals surface area contributed by atoms with E-state index in [9.17, 15) is 14.7 Å². The van der Waals surface area contributed by atoms with E-state index in [1.54, 1.807) is 24.2 Å². The van der Waals surface area contributed by atoms with Crippen LogP contribution in [0.3, 0.4) is 0 Å². The Hall–Kier alpha value is -4.81. The van der Waals surface area contributed by atoms with Crippen LogP contribution in [0.15, 0.2) is 54.0 Å². The lowest BCUT2D eigenvalue weighted by molar-refractivity contribution is -0.129. The fraction of sp³-hybridized carbons (Fsp3) is 0.343. The van der Waals surface area contributed by atoms with Gasteiger partial charge in [-0.3, -0.25) is 23.9 Å². The molecule has 2 aliphatic heterocycles. The molecule has 3 aromatic heterocycles. The van der Waals surface area contributed by atoms with E-state index in [-0.39, 0.29) is 64.2 Å². The van der Waals surface area contributed by atoms with E-state index >= 15 is 9.18 Å². The maximum atomic E-state index is 15.3. The van der Waals surface area contributed by atoms with E-state index in [0.29, 0.717) is 29.0 Å². The zero-order valence-electron chi connectivity index (χ0n) is 27.7. The number of phenolic OH excluding ortho intramolecular Hbond substituents is 1. The number of carbonyl (C=O) groups excluding carboxylic acids is 2. The van der Waals surface area contributed by atoms with Crippen LogP contribution in [0.4, 0.5) is 15.8 Å². The Morgan fingerprint density at radius 3 is 2.56 bits per heavy atom. The molecule has 2 amide bonds. The number of benzene rings is 1. The molecule has 0 saturated carbocycles. The summed E-state index contributed by atoms with van der Waals surface area (Å²) in [6.07, 6.45) is 2.92. The molecule has 13 heteroatoms. The van der Waals surface area contributed by atoms with E-state index in [1.165, 1.54) is 33.7 Å². The van der Waals surface area contributed by atoms with Crippen LogP contribution in [0, 0.1) is 5.82 Å². The Kier molecular flexibility index (Phi) is 8.50. The van der Waals surface area contributed by atoms with Gasteiger partial charge in [0.1, 0.15) is 23.3 Å². The van der Waals surface area contributed by atoms with Crippen molar-refractivity contribution < 1.29 is 19.1 Å². The molecule has 1 fully saturated rings. The molecule has 0 unspecified atom stereocenters. The maximum Gasteiger partial charge on any atom is 0.283 e. The Bertz CT molecular complexity index is 2040. The van der Waals surface area contributed by atoms with Gasteiger partial charge in [0, 0.05) is 37.8 Å². The highest BCUT2D eigenvalue weighted by Crippen LogP contribution is 2.45. The van der Waals surface area contributed by atoms with Crippen LogP contribution in [-0.4, -0.2) is 87.6 Å². The van der Waals surface area contributed by atoms with Crippen molar-refractivity contribution in [2.24, 2.45) is 0 Å². The molecule has 48 heavy (non-hydrogen) atoms. The Balaban J connectivity index is 1.78. The average Bonchev–Trinajstić information content (AvgIpc) is 3.03. The number of carbonyl (C=O) groups is 2. The number of nitrogens with zero attached hydrogens (tertiary/aromatic N) is 7. The number of pyridine rings is 3. The SMILES string of the molecule is C=CC(=O)N1C[C@@H]2C(=O)N(C)c3c(c4cc(Cl)c(-c5c(O)cccc5F)nc4n(-c4c(CN(C)C)ccnc4C(C)C)c3=O)N2[C@@H](C)C1. The standard InChI is InChI=1S/C35H37ClFN7O4/c1-8-26(46)42-15-19(4)43-24(17-42)34(47)41(7)32-31(43)21-14-22(36)29(27-23(37)10-9-11-25(27)45)39-33(21)44(35(32)48)30-20(16-40(5)6)12-13-38-28(30)18(2)3/h8-14,18-19,24,45H,1,15-17H2,2-7H3/t19-,24+/m0/s1. The first-order chi connectivity index (χ1) is 22.8. The second kappa shape index (κ2) is 12.3. The number of fused-ring (bicyclic) bond motifs is 5. The van der Waals surface area contributed by atoms with Crippen molar-refractivity contribution in [3.05, 3.63) is 81.6 Å². The molecule has 0 spiro atoms. The molecule has 11 nitrogen and oxygen atoms in total. The van der Waals surface area contributed by atoms with Gasteiger partial charge < -0.3 is 24.7 Å². The molecule has 1 saturated heterocycles. The third-order valence-electron chi connectivity index (χ3n) is 8.96. The highest BCUT2D eigenvalue weighted by molar-refractivity contribution is 6.34. The summed E-state index contributed by atoms with van der Waals surface area (Å²) >= 11 is 6.89. The van der Waals surface area contributed by atoms with E-state index < -0.39 is 23.5 Å². The molecule has 0 radical (unpaired) electrons. The molecule has 2 atom stereocenters. The summed E-state index contributed by atoms with van der Waals surface area (Å²) in [5.41, 5.74) is 1.80. The monoisotopic (exact) mass is 673 g/mol. The van der Waals surface area contributed by atoms with Crippen LogP contribution < -0.4 is 15.4 Å². The van der Waals surface area contributed by atoms with Crippen LogP contribution in [0.2, 0.25) is 5.02 Å². The Labute approximate surface area is 282 Å². The van der Waals surface area contributed by atoms with Crippen molar-refractivity contribution in [2.45, 2.75) is 45.3 Å². The highest BCUT2D eigenvalue weighted by Gasteiger charge is 2.47. The van der Waals surface area contributed by atoms with Crippen molar-refractivity contribution in [3.8, 4) is 22.7 Å². The fourth-order valence-corrected chi connectivity index (χ4v) is 7.16. The van der Waals surface area contributed by atoms with Gasteiger partial charge in [0.05, 0.1) is 39.9 Å². The van der Waals surface area contributed by atoms with Crippen LogP contribution in [-0.2, 0) is 16.1 Å². The van der Waals surface area contributed by atoms with Crippen molar-refractivity contribution in [2.75, 3.05) is 44.0 Å². The van der Waals surface area contributed by atoms with Gasteiger partial charge in [-0.25, -0.2) is 9.37 Å². The van der Waals surface area contributed by atoms with Crippen molar-refractivity contribution in [3.63, 3.8) is 0 Å². The number of amides is 2. The Morgan fingerprint density at radius 1 is 1.19 bits per heavy atom. The highest BCUT2D eigenvalue weighted by atomic mass is 35.5. The van der Waals surface area contributed by atoms with Gasteiger partial charge in [-0.05, 0) is 62.8 Å². The first-order valence-electron chi connectivity index (χ1n) is 15.6. The predicted octanol–water partition coefficient (Wildman–Crippen LogP) is 4.70. The van der Waals surface area contributed by atoms with Gasteiger partial charge in [0.2, 0.25) is 5.91 Å². The molecule has 4 aromatic rings. The third kappa shape index (κ3) is 5.19. The van der Waals surface area contributed by atoms with Gasteiger partial charge in [-0.2, -0.15) is 0 Å². The maximum absolute atomic E-state index is 15.3. The number of phenols is 1. The van der Waals surface area contributed by atoms with Crippen molar-refractivity contribution >= 4 is 45.8 Å². The number of hydrogen-bond acceptors (Lipinski definition) is 8. The first-order valence-corrected chi connectivity index (χ1v) is 16.0. The van der Waals surface area contributed by atoms with Gasteiger partial charge in [0.15, 0.2) is 5.65 Å². The average molecular weight is 674 g/mol. The summed E-state index contributed by atoms with van der Waals surface area (Å²) in [6.45, 7) is 10.2. The lowest BCUT2D eigenvalue weighted by Gasteiger charge is -2.50. The Morgan fingerprint density at radius 2 is 1.92 bits per heavy atom. The quantitative estimate of drug-likeness (QED) is 0.293. The number of anilines is 2. The molecule has 250 valence electrons. The van der Waals surface area contributed by atoms with Gasteiger partial charge in [-0.15, -0.1) is 0 Å². The summed E-state index contributed by atoms with van der Waals surface area (Å²) in [4.78, 5) is 58.1. The lowest BCUT2D eigenvalue weighted by atomic mass is 9.97. The molecule has 1 N–H and O–H groups in total. The van der Waals surface area contributed by atoms with Crippen LogP contribution in [0.5, 0.6) is 5.75 Å². The third-order valence-corrected chi connectivity index (χ3v) is 9.25. The number of aromatic hydroxyl groups is 1. The lowest BCUT2D eigenvalue weighted by Crippen LogP contribution is -2.66. The number of hydrogen-bond donors (Lipinski definition) is 1. The van der Waals surface area contributed by atoms with Gasteiger partial charge >= 0.3 is 0 Å². The minimum Gasteiger partial charge on any atom is -0.507 e. The van der Waals surface area contributed by atoms with Crippen molar-refractivity contribution in [1.29, 1.82) is 0 Å². The number of piperazine rings is 1. The smallest absolute Gasteiger partial charge is 0.283 e. The molecule has 1 aromatic carbocycles. The summed E-state index contributed by atoms with van der Waals surface area (Å²) in [7, 11) is 5.37. The molecule has 2 aliphatic rings. The molecule has 0 bridgehead atoms. The topological polar surface area (TPSA) is 115 Å². The van der Waals surface area contributed by atoms with Crippen LogP contribution >= 0.6 is 11.6 Å². The van der Waals surface area contributed by atoms with E-state index in [2.05, 4.69) is 11.6 Å². The number of rotatable bonds is 6. The van der Waals surface area contributed by atoms with Gasteiger partial charge in [0.25, 0.3) is 11.5 Å². The minimum atomic E-state index is -0.809.